The molecule has 2 heterocycles. The van der Waals surface area contributed by atoms with E-state index in [0.717, 1.165) is 31.4 Å². The highest BCUT2D eigenvalue weighted by Gasteiger charge is 2.24. The lowest BCUT2D eigenvalue weighted by molar-refractivity contribution is 0.0379. The van der Waals surface area contributed by atoms with Crippen LogP contribution in [0.1, 0.15) is 45.0 Å². The van der Waals surface area contributed by atoms with E-state index in [1.807, 2.05) is 62.4 Å². The van der Waals surface area contributed by atoms with Gasteiger partial charge in [-0.25, -0.2) is 9.78 Å². The lowest BCUT2D eigenvalue weighted by Crippen LogP contribution is -2.17. The van der Waals surface area contributed by atoms with E-state index in [2.05, 4.69) is 21.2 Å². The molecule has 7 heteroatoms. The molecule has 2 aromatic carbocycles. The highest BCUT2D eigenvalue weighted by molar-refractivity contribution is 9.10. The van der Waals surface area contributed by atoms with Gasteiger partial charge in [0.05, 0.1) is 28.4 Å². The van der Waals surface area contributed by atoms with E-state index >= 15 is 0 Å². The second kappa shape index (κ2) is 9.45. The molecular formula is C26H23BrN2O3S. The Labute approximate surface area is 204 Å². The Balaban J connectivity index is 1.77. The van der Waals surface area contributed by atoms with Gasteiger partial charge in [-0.05, 0) is 57.5 Å². The van der Waals surface area contributed by atoms with Gasteiger partial charge in [-0.3, -0.25) is 4.79 Å². The standard InChI is InChI=1S/C26H23BrN2O3S/c1-14(2)32-26(31)23-15(3)16(4)33-25(23)29-24(30)20-13-22(17-9-11-18(27)12-10-17)28-21-8-6-5-7-19(20)21/h5-14H,1-4H3,(H,29,30). The summed E-state index contributed by atoms with van der Waals surface area (Å²) in [5.74, 6) is -0.732. The molecule has 0 unspecified atom stereocenters. The molecule has 5 nitrogen and oxygen atoms in total. The van der Waals surface area contributed by atoms with E-state index < -0.39 is 5.97 Å². The zero-order valence-corrected chi connectivity index (χ0v) is 21.1. The maximum atomic E-state index is 13.5. The number of nitrogens with zero attached hydrogens (tertiary/aromatic N) is 1. The third-order valence-electron chi connectivity index (χ3n) is 5.26. The quantitative estimate of drug-likeness (QED) is 0.282. The van der Waals surface area contributed by atoms with Crippen LogP contribution in [-0.4, -0.2) is 23.0 Å². The maximum absolute atomic E-state index is 13.5. The number of para-hydroxylation sites is 1. The van der Waals surface area contributed by atoms with Crippen molar-refractivity contribution in [3.63, 3.8) is 0 Å². The van der Waals surface area contributed by atoms with E-state index in [9.17, 15) is 9.59 Å². The number of anilines is 1. The fourth-order valence-electron chi connectivity index (χ4n) is 3.54. The number of aryl methyl sites for hydroxylation is 1. The number of ether oxygens (including phenoxy) is 1. The van der Waals surface area contributed by atoms with Crippen LogP contribution in [0.2, 0.25) is 0 Å². The van der Waals surface area contributed by atoms with Crippen molar-refractivity contribution in [1.82, 2.24) is 4.98 Å². The first kappa shape index (κ1) is 23.1. The van der Waals surface area contributed by atoms with Crippen molar-refractivity contribution in [1.29, 1.82) is 0 Å². The number of halogens is 1. The second-order valence-corrected chi connectivity index (χ2v) is 10.1. The molecule has 1 amide bonds. The van der Waals surface area contributed by atoms with Crippen LogP contribution < -0.4 is 5.32 Å². The minimum absolute atomic E-state index is 0.252. The van der Waals surface area contributed by atoms with Crippen LogP contribution in [0.15, 0.2) is 59.1 Å². The van der Waals surface area contributed by atoms with Crippen LogP contribution in [0.25, 0.3) is 22.2 Å². The zero-order valence-electron chi connectivity index (χ0n) is 18.7. The molecule has 0 saturated heterocycles. The minimum atomic E-state index is -0.433. The molecule has 0 aliphatic heterocycles. The van der Waals surface area contributed by atoms with E-state index in [1.165, 1.54) is 11.3 Å². The Morgan fingerprint density at radius 1 is 1.06 bits per heavy atom. The lowest BCUT2D eigenvalue weighted by Gasteiger charge is -2.12. The Hall–Kier alpha value is -3.03. The van der Waals surface area contributed by atoms with Crippen LogP contribution >= 0.6 is 27.3 Å². The number of thiophene rings is 1. The molecule has 168 valence electrons. The normalized spacial score (nSPS) is 11.1. The molecule has 0 atom stereocenters. The number of fused-ring (bicyclic) bond motifs is 1. The fraction of sp³-hybridized carbons (Fsp3) is 0.192. The van der Waals surface area contributed by atoms with Gasteiger partial charge in [0.25, 0.3) is 5.91 Å². The molecular weight excluding hydrogens is 500 g/mol. The lowest BCUT2D eigenvalue weighted by atomic mass is 10.0. The van der Waals surface area contributed by atoms with E-state index in [1.54, 1.807) is 19.9 Å². The number of carbonyl (C=O) groups excluding carboxylic acids is 2. The van der Waals surface area contributed by atoms with Crippen molar-refractivity contribution in [2.45, 2.75) is 33.8 Å². The van der Waals surface area contributed by atoms with E-state index in [4.69, 9.17) is 9.72 Å². The van der Waals surface area contributed by atoms with Crippen LogP contribution in [-0.2, 0) is 4.74 Å². The monoisotopic (exact) mass is 522 g/mol. The number of hydrogen-bond donors (Lipinski definition) is 1. The van der Waals surface area contributed by atoms with Gasteiger partial charge in [0.2, 0.25) is 0 Å². The molecule has 4 rings (SSSR count). The number of pyridine rings is 1. The molecule has 4 aromatic rings. The Kier molecular flexibility index (Phi) is 6.63. The van der Waals surface area contributed by atoms with Gasteiger partial charge in [-0.2, -0.15) is 0 Å². The average Bonchev–Trinajstić information content (AvgIpc) is 3.05. The summed E-state index contributed by atoms with van der Waals surface area (Å²) in [6.07, 6.45) is -0.252. The number of esters is 1. The Morgan fingerprint density at radius 2 is 1.76 bits per heavy atom. The summed E-state index contributed by atoms with van der Waals surface area (Å²) in [6, 6.07) is 17.1. The first-order valence-electron chi connectivity index (χ1n) is 10.5. The number of benzene rings is 2. The number of carbonyl (C=O) groups is 2. The highest BCUT2D eigenvalue weighted by atomic mass is 79.9. The molecule has 0 aliphatic carbocycles. The Morgan fingerprint density at radius 3 is 2.45 bits per heavy atom. The molecule has 0 saturated carbocycles. The highest BCUT2D eigenvalue weighted by Crippen LogP contribution is 2.34. The first-order valence-corrected chi connectivity index (χ1v) is 12.1. The van der Waals surface area contributed by atoms with Crippen molar-refractivity contribution in [3.8, 4) is 11.3 Å². The van der Waals surface area contributed by atoms with Crippen LogP contribution in [0.3, 0.4) is 0 Å². The van der Waals surface area contributed by atoms with Gasteiger partial charge < -0.3 is 10.1 Å². The summed E-state index contributed by atoms with van der Waals surface area (Å²) >= 11 is 4.83. The van der Waals surface area contributed by atoms with Crippen molar-refractivity contribution in [3.05, 3.63) is 80.6 Å². The summed E-state index contributed by atoms with van der Waals surface area (Å²) in [5, 5.41) is 4.20. The molecule has 0 radical (unpaired) electrons. The Bertz CT molecular complexity index is 1360. The number of rotatable bonds is 5. The maximum Gasteiger partial charge on any atom is 0.341 e. The fourth-order valence-corrected chi connectivity index (χ4v) is 4.84. The van der Waals surface area contributed by atoms with Gasteiger partial charge in [-0.15, -0.1) is 11.3 Å². The predicted octanol–water partition coefficient (Wildman–Crippen LogP) is 7.16. The van der Waals surface area contributed by atoms with Crippen molar-refractivity contribution < 1.29 is 14.3 Å². The van der Waals surface area contributed by atoms with Gasteiger partial charge >= 0.3 is 5.97 Å². The summed E-state index contributed by atoms with van der Waals surface area (Å²) in [4.78, 5) is 31.9. The summed E-state index contributed by atoms with van der Waals surface area (Å²) in [7, 11) is 0. The SMILES string of the molecule is Cc1sc(NC(=O)c2cc(-c3ccc(Br)cc3)nc3ccccc23)c(C(=O)OC(C)C)c1C. The smallest absolute Gasteiger partial charge is 0.341 e. The molecule has 1 N–H and O–H groups in total. The minimum Gasteiger partial charge on any atom is -0.459 e. The number of aromatic nitrogens is 1. The first-order chi connectivity index (χ1) is 15.7. The van der Waals surface area contributed by atoms with Crippen molar-refractivity contribution >= 4 is 55.0 Å². The molecule has 0 spiro atoms. The van der Waals surface area contributed by atoms with Gasteiger partial charge in [0.15, 0.2) is 0 Å². The second-order valence-electron chi connectivity index (χ2n) is 7.97. The zero-order chi connectivity index (χ0) is 23.7. The number of nitrogens with one attached hydrogen (secondary N) is 1. The topological polar surface area (TPSA) is 68.3 Å². The van der Waals surface area contributed by atoms with Crippen LogP contribution in [0.4, 0.5) is 5.00 Å². The van der Waals surface area contributed by atoms with Gasteiger partial charge in [-0.1, -0.05) is 46.3 Å². The van der Waals surface area contributed by atoms with Crippen LogP contribution in [0, 0.1) is 13.8 Å². The summed E-state index contributed by atoms with van der Waals surface area (Å²) < 4.78 is 6.38. The summed E-state index contributed by atoms with van der Waals surface area (Å²) in [5.41, 5.74) is 4.04. The largest absolute Gasteiger partial charge is 0.459 e. The number of amides is 1. The molecule has 0 aliphatic rings. The molecule has 33 heavy (non-hydrogen) atoms. The van der Waals surface area contributed by atoms with Crippen molar-refractivity contribution in [2.24, 2.45) is 0 Å². The van der Waals surface area contributed by atoms with E-state index in [-0.39, 0.29) is 12.0 Å². The molecule has 2 aromatic heterocycles. The van der Waals surface area contributed by atoms with Gasteiger partial charge in [0, 0.05) is 20.3 Å². The van der Waals surface area contributed by atoms with Crippen molar-refractivity contribution in [2.75, 3.05) is 5.32 Å². The molecule has 0 fully saturated rings. The third-order valence-corrected chi connectivity index (χ3v) is 6.91. The molecule has 0 bridgehead atoms. The van der Waals surface area contributed by atoms with E-state index in [0.29, 0.717) is 21.8 Å². The van der Waals surface area contributed by atoms with Gasteiger partial charge in [0.1, 0.15) is 5.00 Å². The van der Waals surface area contributed by atoms with Crippen LogP contribution in [0.5, 0.6) is 0 Å². The summed E-state index contributed by atoms with van der Waals surface area (Å²) in [6.45, 7) is 7.40. The average molecular weight is 523 g/mol. The third kappa shape index (κ3) is 4.84. The number of hydrogen-bond acceptors (Lipinski definition) is 5. The predicted molar refractivity (Wildman–Crippen MR) is 137 cm³/mol.